The van der Waals surface area contributed by atoms with Crippen molar-refractivity contribution in [1.82, 2.24) is 9.55 Å². The van der Waals surface area contributed by atoms with Crippen molar-refractivity contribution in [3.05, 3.63) is 62.3 Å². The summed E-state index contributed by atoms with van der Waals surface area (Å²) in [5, 5.41) is 5.55. The Morgan fingerprint density at radius 1 is 1.22 bits per heavy atom. The summed E-state index contributed by atoms with van der Waals surface area (Å²) >= 11 is 2.95. The van der Waals surface area contributed by atoms with Crippen LogP contribution in [0, 0.1) is 0 Å². The molecule has 0 saturated heterocycles. The molecule has 1 N–H and O–H groups in total. The highest BCUT2D eigenvalue weighted by atomic mass is 32.2. The monoisotopic (exact) mass is 471 g/mol. The third-order valence-electron chi connectivity index (χ3n) is 5.37. The van der Waals surface area contributed by atoms with E-state index in [2.05, 4.69) is 10.3 Å². The van der Waals surface area contributed by atoms with Gasteiger partial charge in [0.2, 0.25) is 5.91 Å². The number of carbonyl (C=O) groups excluding carboxylic acids is 1. The third-order valence-corrected chi connectivity index (χ3v) is 7.25. The second kappa shape index (κ2) is 10.2. The fourth-order valence-corrected chi connectivity index (χ4v) is 5.38. The van der Waals surface area contributed by atoms with Gasteiger partial charge in [0.05, 0.1) is 32.2 Å². The van der Waals surface area contributed by atoms with Crippen LogP contribution >= 0.6 is 23.1 Å². The zero-order valence-corrected chi connectivity index (χ0v) is 19.7. The number of hydrogen-bond donors (Lipinski definition) is 1. The van der Waals surface area contributed by atoms with Crippen LogP contribution in [-0.2, 0) is 24.2 Å². The molecule has 0 saturated carbocycles. The first kappa shape index (κ1) is 22.4. The van der Waals surface area contributed by atoms with E-state index >= 15 is 0 Å². The van der Waals surface area contributed by atoms with Crippen molar-refractivity contribution >= 4 is 34.7 Å². The van der Waals surface area contributed by atoms with Gasteiger partial charge < -0.3 is 14.8 Å². The van der Waals surface area contributed by atoms with Gasteiger partial charge in [-0.1, -0.05) is 17.8 Å². The first-order chi connectivity index (χ1) is 15.6. The van der Waals surface area contributed by atoms with Gasteiger partial charge in [0, 0.05) is 22.2 Å². The molecule has 1 aliphatic carbocycles. The van der Waals surface area contributed by atoms with Crippen LogP contribution in [0.1, 0.15) is 29.0 Å². The highest BCUT2D eigenvalue weighted by Gasteiger charge is 2.21. The number of methoxy groups -OCH3 is 2. The number of benzene rings is 1. The summed E-state index contributed by atoms with van der Waals surface area (Å²) in [6, 6.07) is 9.24. The van der Waals surface area contributed by atoms with E-state index in [0.717, 1.165) is 41.8 Å². The van der Waals surface area contributed by atoms with Crippen molar-refractivity contribution in [2.75, 3.05) is 25.3 Å². The molecule has 0 fully saturated rings. The number of fused-ring (bicyclic) bond motifs is 1. The molecule has 4 rings (SSSR count). The second-order valence-electron chi connectivity index (χ2n) is 7.40. The van der Waals surface area contributed by atoms with Gasteiger partial charge in [-0.05, 0) is 49.3 Å². The Morgan fingerprint density at radius 3 is 2.81 bits per heavy atom. The molecule has 0 aliphatic heterocycles. The number of thioether (sulfide) groups is 1. The van der Waals surface area contributed by atoms with Gasteiger partial charge in [0.1, 0.15) is 16.5 Å². The smallest absolute Gasteiger partial charge is 0.349 e. The van der Waals surface area contributed by atoms with Crippen LogP contribution in [0.4, 0.5) is 5.69 Å². The lowest BCUT2D eigenvalue weighted by Crippen LogP contribution is -2.30. The third kappa shape index (κ3) is 4.99. The maximum atomic E-state index is 12.8. The summed E-state index contributed by atoms with van der Waals surface area (Å²) in [7, 11) is 3.12. The molecule has 2 aromatic heterocycles. The van der Waals surface area contributed by atoms with E-state index in [1.165, 1.54) is 11.8 Å². The number of carbonyl (C=O) groups is 1. The molecule has 0 radical (unpaired) electrons. The average molecular weight is 472 g/mol. The number of nitrogens with one attached hydrogen (secondary N) is 1. The molecule has 7 nitrogen and oxygen atoms in total. The molecule has 1 aliphatic rings. The van der Waals surface area contributed by atoms with Crippen molar-refractivity contribution in [3.8, 4) is 11.5 Å². The van der Waals surface area contributed by atoms with Gasteiger partial charge in [0.15, 0.2) is 0 Å². The minimum atomic E-state index is -0.251. The fourth-order valence-electron chi connectivity index (χ4n) is 3.81. The van der Waals surface area contributed by atoms with E-state index in [-0.39, 0.29) is 17.3 Å². The molecule has 168 valence electrons. The van der Waals surface area contributed by atoms with Gasteiger partial charge >= 0.3 is 5.69 Å². The lowest BCUT2D eigenvalue weighted by atomic mass is 9.97. The fraction of sp³-hybridized carbons (Fsp3) is 0.348. The molecule has 0 bridgehead atoms. The van der Waals surface area contributed by atoms with E-state index < -0.39 is 0 Å². The van der Waals surface area contributed by atoms with Crippen LogP contribution in [0.25, 0.3) is 0 Å². The number of hydrogen-bond acceptors (Lipinski definition) is 7. The van der Waals surface area contributed by atoms with E-state index in [1.807, 2.05) is 17.5 Å². The SMILES string of the molecule is COc1ccc(NC(=O)CSc2nc(=O)n(Cc3cccs3)c3c2CCCC3)c(OC)c1. The van der Waals surface area contributed by atoms with Gasteiger partial charge in [0.25, 0.3) is 0 Å². The molecule has 0 unspecified atom stereocenters. The predicted octanol–water partition coefficient (Wildman–Crippen LogP) is 3.98. The zero-order chi connectivity index (χ0) is 22.5. The zero-order valence-electron chi connectivity index (χ0n) is 18.1. The van der Waals surface area contributed by atoms with Gasteiger partial charge in [-0.2, -0.15) is 4.98 Å². The maximum Gasteiger partial charge on any atom is 0.349 e. The van der Waals surface area contributed by atoms with E-state index in [9.17, 15) is 9.59 Å². The summed E-state index contributed by atoms with van der Waals surface area (Å²) < 4.78 is 12.3. The van der Waals surface area contributed by atoms with Crippen LogP contribution in [0.3, 0.4) is 0 Å². The normalized spacial score (nSPS) is 12.8. The molecular formula is C23H25N3O4S2. The largest absolute Gasteiger partial charge is 0.497 e. The lowest BCUT2D eigenvalue weighted by Gasteiger charge is -2.22. The minimum Gasteiger partial charge on any atom is -0.497 e. The highest BCUT2D eigenvalue weighted by molar-refractivity contribution is 8.00. The van der Waals surface area contributed by atoms with Crippen molar-refractivity contribution in [3.63, 3.8) is 0 Å². The molecule has 0 spiro atoms. The summed E-state index contributed by atoms with van der Waals surface area (Å²) in [5.74, 6) is 1.14. The topological polar surface area (TPSA) is 82.5 Å². The highest BCUT2D eigenvalue weighted by Crippen LogP contribution is 2.31. The van der Waals surface area contributed by atoms with Crippen molar-refractivity contribution in [1.29, 1.82) is 0 Å². The molecule has 32 heavy (non-hydrogen) atoms. The van der Waals surface area contributed by atoms with Crippen molar-refractivity contribution in [2.24, 2.45) is 0 Å². The molecule has 0 atom stereocenters. The van der Waals surface area contributed by atoms with E-state index in [0.29, 0.717) is 28.8 Å². The maximum absolute atomic E-state index is 12.8. The Balaban J connectivity index is 1.50. The van der Waals surface area contributed by atoms with Gasteiger partial charge in [-0.25, -0.2) is 4.79 Å². The molecule has 3 aromatic rings. The second-order valence-corrected chi connectivity index (χ2v) is 9.40. The standard InChI is InChI=1S/C23H25N3O4S2/c1-29-15-9-10-18(20(12-15)30-2)24-21(27)14-32-22-17-7-3-4-8-19(17)26(23(28)25-22)13-16-6-5-11-31-16/h5-6,9-12H,3-4,7-8,13-14H2,1-2H3,(H,24,27). The molecule has 1 aromatic carbocycles. The van der Waals surface area contributed by atoms with Crippen LogP contribution < -0.4 is 20.5 Å². The van der Waals surface area contributed by atoms with Crippen molar-refractivity contribution in [2.45, 2.75) is 37.3 Å². The van der Waals surface area contributed by atoms with E-state index in [1.54, 1.807) is 48.3 Å². The first-order valence-electron chi connectivity index (χ1n) is 10.4. The minimum absolute atomic E-state index is 0.156. The molecule has 2 heterocycles. The summed E-state index contributed by atoms with van der Waals surface area (Å²) in [6.07, 6.45) is 3.86. The van der Waals surface area contributed by atoms with E-state index in [4.69, 9.17) is 9.47 Å². The van der Waals surface area contributed by atoms with Crippen LogP contribution in [0.2, 0.25) is 0 Å². The predicted molar refractivity (Wildman–Crippen MR) is 127 cm³/mol. The number of rotatable bonds is 8. The number of nitrogens with zero attached hydrogens (tertiary/aromatic N) is 2. The van der Waals surface area contributed by atoms with Crippen molar-refractivity contribution < 1.29 is 14.3 Å². The Bertz CT molecular complexity index is 1160. The Labute approximate surface area is 194 Å². The number of anilines is 1. The van der Waals surface area contributed by atoms with Crippen LogP contribution in [0.15, 0.2) is 45.5 Å². The number of aromatic nitrogens is 2. The number of ether oxygens (including phenoxy) is 2. The van der Waals surface area contributed by atoms with Crippen LogP contribution in [0.5, 0.6) is 11.5 Å². The molecule has 1 amide bonds. The average Bonchev–Trinajstić information content (AvgIpc) is 3.33. The lowest BCUT2D eigenvalue weighted by molar-refractivity contribution is -0.113. The number of amides is 1. The summed E-state index contributed by atoms with van der Waals surface area (Å²) in [5.41, 5.74) is 2.48. The van der Waals surface area contributed by atoms with Gasteiger partial charge in [-0.3, -0.25) is 9.36 Å². The Morgan fingerprint density at radius 2 is 2.06 bits per heavy atom. The van der Waals surface area contributed by atoms with Gasteiger partial charge in [-0.15, -0.1) is 11.3 Å². The quantitative estimate of drug-likeness (QED) is 0.395. The molecule has 9 heteroatoms. The Kier molecular flexibility index (Phi) is 7.16. The van der Waals surface area contributed by atoms with Crippen LogP contribution in [-0.4, -0.2) is 35.4 Å². The summed E-state index contributed by atoms with van der Waals surface area (Å²) in [4.78, 5) is 30.9. The number of thiophene rings is 1. The summed E-state index contributed by atoms with van der Waals surface area (Å²) in [6.45, 7) is 0.550. The molecular weight excluding hydrogens is 446 g/mol. The first-order valence-corrected chi connectivity index (χ1v) is 12.2. The Hall–Kier alpha value is -2.78.